The molecule has 0 saturated heterocycles. The maximum absolute atomic E-state index is 13.3. The molecule has 4 aromatic rings. The van der Waals surface area contributed by atoms with Crippen LogP contribution in [0.2, 0.25) is 5.15 Å². The zero-order chi connectivity index (χ0) is 21.5. The number of carbonyl (C=O) groups excluding carboxylic acids is 1. The second-order valence-electron chi connectivity index (χ2n) is 6.66. The number of nitrogens with one attached hydrogen (secondary N) is 1. The normalized spacial score (nSPS) is 11.7. The third-order valence-electron chi connectivity index (χ3n) is 4.60. The first-order valence-electron chi connectivity index (χ1n) is 8.89. The van der Waals surface area contributed by atoms with Gasteiger partial charge >= 0.3 is 0 Å². The fraction of sp³-hybridized carbons (Fsp3) is 0.158. The summed E-state index contributed by atoms with van der Waals surface area (Å²) in [5.74, 6) is -0.206. The van der Waals surface area contributed by atoms with Crippen LogP contribution in [-0.2, 0) is 21.4 Å². The van der Waals surface area contributed by atoms with Crippen LogP contribution >= 0.6 is 11.6 Å². The Kier molecular flexibility index (Phi) is 5.04. The number of nitrogens with zero attached hydrogens (tertiary/aromatic N) is 5. The van der Waals surface area contributed by atoms with Crippen molar-refractivity contribution in [1.82, 2.24) is 29.3 Å². The minimum atomic E-state index is -3.92. The van der Waals surface area contributed by atoms with Gasteiger partial charge in [0.1, 0.15) is 6.54 Å². The summed E-state index contributed by atoms with van der Waals surface area (Å²) in [6.45, 7) is 1.92. The summed E-state index contributed by atoms with van der Waals surface area (Å²) in [6.07, 6.45) is 4.67. The van der Waals surface area contributed by atoms with E-state index < -0.39 is 10.0 Å². The van der Waals surface area contributed by atoms with Crippen molar-refractivity contribution in [2.24, 2.45) is 0 Å². The van der Waals surface area contributed by atoms with E-state index in [1.54, 1.807) is 42.7 Å². The van der Waals surface area contributed by atoms with Gasteiger partial charge in [-0.2, -0.15) is 5.10 Å². The van der Waals surface area contributed by atoms with Crippen LogP contribution in [0.4, 0.5) is 0 Å². The molecule has 0 unspecified atom stereocenters. The van der Waals surface area contributed by atoms with Gasteiger partial charge in [0, 0.05) is 36.0 Å². The number of benzene rings is 1. The van der Waals surface area contributed by atoms with Gasteiger partial charge in [0.25, 0.3) is 10.0 Å². The highest BCUT2D eigenvalue weighted by molar-refractivity contribution is 7.90. The van der Waals surface area contributed by atoms with Crippen LogP contribution in [0.15, 0.2) is 53.8 Å². The fourth-order valence-corrected chi connectivity index (χ4v) is 4.48. The molecule has 1 N–H and O–H groups in total. The third kappa shape index (κ3) is 3.55. The van der Waals surface area contributed by atoms with Gasteiger partial charge in [0.15, 0.2) is 10.8 Å². The number of halogens is 1. The maximum Gasteiger partial charge on any atom is 0.269 e. The number of carbonyl (C=O) groups is 1. The monoisotopic (exact) mass is 444 g/mol. The molecule has 0 aliphatic carbocycles. The van der Waals surface area contributed by atoms with Crippen molar-refractivity contribution in [2.75, 3.05) is 7.05 Å². The first-order chi connectivity index (χ1) is 14.3. The van der Waals surface area contributed by atoms with Crippen LogP contribution < -0.4 is 5.32 Å². The van der Waals surface area contributed by atoms with Gasteiger partial charge in [-0.05, 0) is 25.1 Å². The number of amides is 1. The number of aromatic nitrogens is 5. The molecule has 1 amide bonds. The van der Waals surface area contributed by atoms with Gasteiger partial charge in [-0.25, -0.2) is 12.4 Å². The molecule has 30 heavy (non-hydrogen) atoms. The third-order valence-corrected chi connectivity index (χ3v) is 6.45. The molecular formula is C19H17ClN6O3S. The molecule has 0 spiro atoms. The van der Waals surface area contributed by atoms with Crippen molar-refractivity contribution in [3.63, 3.8) is 0 Å². The highest BCUT2D eigenvalue weighted by atomic mass is 35.5. The first kappa shape index (κ1) is 20.0. The molecule has 9 nitrogen and oxygen atoms in total. The molecule has 1 aromatic carbocycles. The van der Waals surface area contributed by atoms with Gasteiger partial charge < -0.3 is 5.32 Å². The van der Waals surface area contributed by atoms with Crippen molar-refractivity contribution in [3.05, 3.63) is 59.6 Å². The van der Waals surface area contributed by atoms with E-state index in [1.807, 2.05) is 6.92 Å². The smallest absolute Gasteiger partial charge is 0.269 e. The fourth-order valence-electron chi connectivity index (χ4n) is 3.02. The van der Waals surface area contributed by atoms with Crippen LogP contribution in [0.1, 0.15) is 5.56 Å². The standard InChI is InChI=1S/C19H17ClN6O3S/c1-12-3-5-14(6-4-12)30(28,29)26-10-16(15-7-17(20)23-24-19(15)26)13-8-22-25(9-13)11-18(27)21-2/h3-10H,11H2,1-2H3,(H,21,27). The molecule has 154 valence electrons. The molecule has 11 heteroatoms. The Morgan fingerprint density at radius 2 is 1.90 bits per heavy atom. The van der Waals surface area contributed by atoms with Crippen molar-refractivity contribution in [1.29, 1.82) is 0 Å². The van der Waals surface area contributed by atoms with Crippen molar-refractivity contribution >= 4 is 38.6 Å². The summed E-state index contributed by atoms with van der Waals surface area (Å²) in [6, 6.07) is 8.09. The quantitative estimate of drug-likeness (QED) is 0.505. The molecule has 0 radical (unpaired) electrons. The number of likely N-dealkylation sites (N-methyl/N-ethyl adjacent to an activating group) is 1. The number of fused-ring (bicyclic) bond motifs is 1. The molecule has 3 heterocycles. The van der Waals surface area contributed by atoms with E-state index in [9.17, 15) is 13.2 Å². The number of hydrogen-bond acceptors (Lipinski definition) is 6. The van der Waals surface area contributed by atoms with Crippen LogP contribution in [0, 0.1) is 6.92 Å². The summed E-state index contributed by atoms with van der Waals surface area (Å²) in [5, 5.41) is 15.2. The van der Waals surface area contributed by atoms with Crippen molar-refractivity contribution in [3.8, 4) is 11.1 Å². The van der Waals surface area contributed by atoms with E-state index >= 15 is 0 Å². The van der Waals surface area contributed by atoms with Gasteiger partial charge in [-0.3, -0.25) is 9.48 Å². The summed E-state index contributed by atoms with van der Waals surface area (Å²) in [5.41, 5.74) is 2.27. The largest absolute Gasteiger partial charge is 0.358 e. The Morgan fingerprint density at radius 1 is 1.17 bits per heavy atom. The molecule has 0 aliphatic rings. The molecule has 0 aliphatic heterocycles. The average molecular weight is 445 g/mol. The van der Waals surface area contributed by atoms with E-state index in [0.29, 0.717) is 16.5 Å². The number of rotatable bonds is 5. The number of aryl methyl sites for hydroxylation is 1. The Balaban J connectivity index is 1.88. The van der Waals surface area contributed by atoms with Crippen molar-refractivity contribution in [2.45, 2.75) is 18.4 Å². The minimum Gasteiger partial charge on any atom is -0.358 e. The van der Waals surface area contributed by atoms with Gasteiger partial charge in [-0.15, -0.1) is 10.2 Å². The van der Waals surface area contributed by atoms with E-state index in [1.165, 1.54) is 17.9 Å². The average Bonchev–Trinajstić information content (AvgIpc) is 3.32. The zero-order valence-corrected chi connectivity index (χ0v) is 17.6. The van der Waals surface area contributed by atoms with Crippen LogP contribution in [0.25, 0.3) is 22.2 Å². The predicted molar refractivity (Wildman–Crippen MR) is 112 cm³/mol. The predicted octanol–water partition coefficient (Wildman–Crippen LogP) is 2.24. The lowest BCUT2D eigenvalue weighted by molar-refractivity contribution is -0.121. The molecule has 0 atom stereocenters. The summed E-state index contributed by atoms with van der Waals surface area (Å²) in [4.78, 5) is 11.7. The molecule has 4 rings (SSSR count). The van der Waals surface area contributed by atoms with Crippen LogP contribution in [0.5, 0.6) is 0 Å². The zero-order valence-electron chi connectivity index (χ0n) is 16.1. The van der Waals surface area contributed by atoms with Gasteiger partial charge in [-0.1, -0.05) is 29.3 Å². The number of hydrogen-bond donors (Lipinski definition) is 1. The molecule has 0 saturated carbocycles. The summed E-state index contributed by atoms with van der Waals surface area (Å²) in [7, 11) is -2.38. The lowest BCUT2D eigenvalue weighted by Crippen LogP contribution is -2.23. The highest BCUT2D eigenvalue weighted by Crippen LogP contribution is 2.32. The Hall–Kier alpha value is -3.24. The van der Waals surface area contributed by atoms with Crippen LogP contribution in [0.3, 0.4) is 0 Å². The second kappa shape index (κ2) is 7.54. The lowest BCUT2D eigenvalue weighted by atomic mass is 10.1. The molecule has 0 fully saturated rings. The summed E-state index contributed by atoms with van der Waals surface area (Å²) < 4.78 is 29.1. The Bertz CT molecular complexity index is 1360. The Morgan fingerprint density at radius 3 is 2.60 bits per heavy atom. The first-order valence-corrected chi connectivity index (χ1v) is 10.7. The molecule has 3 aromatic heterocycles. The van der Waals surface area contributed by atoms with Gasteiger partial charge in [0.05, 0.1) is 11.1 Å². The van der Waals surface area contributed by atoms with Gasteiger partial charge in [0.2, 0.25) is 5.91 Å². The Labute approximate surface area is 177 Å². The van der Waals surface area contributed by atoms with E-state index in [0.717, 1.165) is 9.54 Å². The topological polar surface area (TPSA) is 112 Å². The highest BCUT2D eigenvalue weighted by Gasteiger charge is 2.24. The SMILES string of the molecule is CNC(=O)Cn1cc(-c2cn(S(=O)(=O)c3ccc(C)cc3)c3nnc(Cl)cc23)cn1. The van der Waals surface area contributed by atoms with Crippen LogP contribution in [-0.4, -0.2) is 45.3 Å². The maximum atomic E-state index is 13.3. The van der Waals surface area contributed by atoms with E-state index in [2.05, 4.69) is 20.6 Å². The lowest BCUT2D eigenvalue weighted by Gasteiger charge is -2.06. The van der Waals surface area contributed by atoms with Crippen molar-refractivity contribution < 1.29 is 13.2 Å². The minimum absolute atomic E-state index is 0.0391. The summed E-state index contributed by atoms with van der Waals surface area (Å²) >= 11 is 6.02. The molecular weight excluding hydrogens is 428 g/mol. The second-order valence-corrected chi connectivity index (χ2v) is 8.86. The van der Waals surface area contributed by atoms with E-state index in [-0.39, 0.29) is 28.1 Å². The van der Waals surface area contributed by atoms with E-state index in [4.69, 9.17) is 11.6 Å². The molecule has 0 bridgehead atoms.